The number of carbonyl (C=O) groups excluding carboxylic acids is 1. The number of carbonyl (C=O) groups is 1. The quantitative estimate of drug-likeness (QED) is 0.227. The highest BCUT2D eigenvalue weighted by Gasteiger charge is 2.20. The Balaban J connectivity index is 1.44. The van der Waals surface area contributed by atoms with Crippen LogP contribution in [0.15, 0.2) is 109 Å². The zero-order chi connectivity index (χ0) is 27.2. The molecule has 5 heteroatoms. The Kier molecular flexibility index (Phi) is 7.88. The molecule has 1 aromatic heterocycles. The molecule has 0 aliphatic rings. The maximum atomic E-state index is 13.7. The minimum Gasteiger partial charge on any atom is -0.497 e. The first-order valence-corrected chi connectivity index (χ1v) is 13.2. The molecule has 0 aliphatic heterocycles. The topological polar surface area (TPSA) is 56.1 Å². The molecule has 0 saturated carbocycles. The van der Waals surface area contributed by atoms with Gasteiger partial charge in [-0.3, -0.25) is 4.79 Å². The number of benzene rings is 4. The van der Waals surface area contributed by atoms with Gasteiger partial charge in [-0.05, 0) is 66.8 Å². The Bertz CT molecular complexity index is 1520. The van der Waals surface area contributed by atoms with Crippen LogP contribution in [-0.2, 0) is 0 Å². The standard InChI is InChI=1S/C34H33N3O2/c1-24-17-18-25(2)32(21-24)37-33(23-31(36-37)28-15-10-16-29(22-28)39-3)34(38)35-20-19-30(26-11-6-4-7-12-26)27-13-8-5-9-14-27/h4-18,21-23,30H,19-20H2,1-3H3,(H,35,38). The van der Waals surface area contributed by atoms with Crippen molar-refractivity contribution in [3.8, 4) is 22.7 Å². The van der Waals surface area contributed by atoms with Gasteiger partial charge in [-0.25, -0.2) is 4.68 Å². The fraction of sp³-hybridized carbons (Fsp3) is 0.176. The molecule has 0 fully saturated rings. The van der Waals surface area contributed by atoms with E-state index in [9.17, 15) is 4.79 Å². The molecule has 5 rings (SSSR count). The molecule has 1 N–H and O–H groups in total. The molecule has 5 nitrogen and oxygen atoms in total. The maximum Gasteiger partial charge on any atom is 0.270 e. The van der Waals surface area contributed by atoms with E-state index in [1.807, 2.05) is 56.3 Å². The number of ether oxygens (including phenoxy) is 1. The van der Waals surface area contributed by atoms with Gasteiger partial charge in [0.2, 0.25) is 0 Å². The highest BCUT2D eigenvalue weighted by molar-refractivity contribution is 5.94. The lowest BCUT2D eigenvalue weighted by atomic mass is 9.88. The minimum absolute atomic E-state index is 0.155. The summed E-state index contributed by atoms with van der Waals surface area (Å²) >= 11 is 0. The van der Waals surface area contributed by atoms with Crippen molar-refractivity contribution >= 4 is 5.91 Å². The third-order valence-electron chi connectivity index (χ3n) is 7.02. The van der Waals surface area contributed by atoms with E-state index in [1.54, 1.807) is 11.8 Å². The summed E-state index contributed by atoms with van der Waals surface area (Å²) in [6.45, 7) is 4.61. The van der Waals surface area contributed by atoms with E-state index in [0.717, 1.165) is 34.5 Å². The van der Waals surface area contributed by atoms with E-state index >= 15 is 0 Å². The van der Waals surface area contributed by atoms with Crippen LogP contribution in [0.1, 0.15) is 45.1 Å². The summed E-state index contributed by atoms with van der Waals surface area (Å²) in [4.78, 5) is 13.7. The second-order valence-electron chi connectivity index (χ2n) is 9.77. The highest BCUT2D eigenvalue weighted by atomic mass is 16.5. The van der Waals surface area contributed by atoms with Crippen molar-refractivity contribution in [3.63, 3.8) is 0 Å². The van der Waals surface area contributed by atoms with Gasteiger partial charge in [0.15, 0.2) is 0 Å². The number of nitrogens with zero attached hydrogens (tertiary/aromatic N) is 2. The van der Waals surface area contributed by atoms with Gasteiger partial charge in [-0.15, -0.1) is 0 Å². The van der Waals surface area contributed by atoms with Gasteiger partial charge in [0.05, 0.1) is 18.5 Å². The Morgan fingerprint density at radius 1 is 0.846 bits per heavy atom. The first kappa shape index (κ1) is 26.0. The van der Waals surface area contributed by atoms with Crippen LogP contribution in [0.2, 0.25) is 0 Å². The van der Waals surface area contributed by atoms with Crippen molar-refractivity contribution in [2.75, 3.05) is 13.7 Å². The third kappa shape index (κ3) is 5.93. The molecule has 1 heterocycles. The van der Waals surface area contributed by atoms with Crippen molar-refractivity contribution < 1.29 is 9.53 Å². The van der Waals surface area contributed by atoms with E-state index in [-0.39, 0.29) is 11.8 Å². The van der Waals surface area contributed by atoms with Gasteiger partial charge in [0, 0.05) is 18.0 Å². The summed E-state index contributed by atoms with van der Waals surface area (Å²) in [7, 11) is 1.64. The molecule has 0 spiro atoms. The van der Waals surface area contributed by atoms with Crippen LogP contribution in [0.25, 0.3) is 16.9 Å². The Hall–Kier alpha value is -4.64. The summed E-state index contributed by atoms with van der Waals surface area (Å²) < 4.78 is 7.18. The zero-order valence-corrected chi connectivity index (χ0v) is 22.6. The van der Waals surface area contributed by atoms with Crippen LogP contribution in [0.5, 0.6) is 5.75 Å². The van der Waals surface area contributed by atoms with E-state index < -0.39 is 0 Å². The van der Waals surface area contributed by atoms with Crippen LogP contribution in [0.3, 0.4) is 0 Å². The summed E-state index contributed by atoms with van der Waals surface area (Å²) in [6, 6.07) is 36.7. The number of methoxy groups -OCH3 is 1. The van der Waals surface area contributed by atoms with Crippen LogP contribution in [0, 0.1) is 13.8 Å². The summed E-state index contributed by atoms with van der Waals surface area (Å²) in [5, 5.41) is 8.06. The molecule has 0 radical (unpaired) electrons. The molecule has 0 unspecified atom stereocenters. The third-order valence-corrected chi connectivity index (χ3v) is 7.02. The lowest BCUT2D eigenvalue weighted by molar-refractivity contribution is 0.0945. The van der Waals surface area contributed by atoms with E-state index in [2.05, 4.69) is 72.0 Å². The molecule has 0 aliphatic carbocycles. The van der Waals surface area contributed by atoms with Crippen LogP contribution < -0.4 is 10.1 Å². The monoisotopic (exact) mass is 515 g/mol. The van der Waals surface area contributed by atoms with Crippen LogP contribution in [-0.4, -0.2) is 29.3 Å². The van der Waals surface area contributed by atoms with Gasteiger partial charge < -0.3 is 10.1 Å². The lowest BCUT2D eigenvalue weighted by Gasteiger charge is -2.18. The second kappa shape index (κ2) is 11.8. The smallest absolute Gasteiger partial charge is 0.270 e. The highest BCUT2D eigenvalue weighted by Crippen LogP contribution is 2.29. The number of amides is 1. The van der Waals surface area contributed by atoms with Crippen molar-refractivity contribution in [3.05, 3.63) is 137 Å². The second-order valence-corrected chi connectivity index (χ2v) is 9.77. The van der Waals surface area contributed by atoms with Crippen LogP contribution in [0.4, 0.5) is 0 Å². The normalized spacial score (nSPS) is 11.0. The predicted molar refractivity (Wildman–Crippen MR) is 157 cm³/mol. The van der Waals surface area contributed by atoms with Gasteiger partial charge in [0.25, 0.3) is 5.91 Å². The molecule has 5 aromatic rings. The largest absolute Gasteiger partial charge is 0.497 e. The fourth-order valence-electron chi connectivity index (χ4n) is 4.91. The molecule has 4 aromatic carbocycles. The Morgan fingerprint density at radius 3 is 2.21 bits per heavy atom. The maximum absolute atomic E-state index is 13.7. The number of nitrogens with one attached hydrogen (secondary N) is 1. The SMILES string of the molecule is COc1cccc(-c2cc(C(=O)NCCC(c3ccccc3)c3ccccc3)n(-c3cc(C)ccc3C)n2)c1. The summed E-state index contributed by atoms with van der Waals surface area (Å²) in [6.07, 6.45) is 0.778. The Labute approximate surface area is 230 Å². The number of aromatic nitrogens is 2. The molecular weight excluding hydrogens is 482 g/mol. The van der Waals surface area contributed by atoms with E-state index in [1.165, 1.54) is 11.1 Å². The lowest BCUT2D eigenvalue weighted by Crippen LogP contribution is -2.28. The van der Waals surface area contributed by atoms with E-state index in [0.29, 0.717) is 17.9 Å². The van der Waals surface area contributed by atoms with E-state index in [4.69, 9.17) is 9.84 Å². The average Bonchev–Trinajstić information content (AvgIpc) is 3.43. The molecule has 0 atom stereocenters. The number of rotatable bonds is 9. The zero-order valence-electron chi connectivity index (χ0n) is 22.6. The first-order chi connectivity index (χ1) is 19.0. The van der Waals surface area contributed by atoms with Gasteiger partial charge in [0.1, 0.15) is 11.4 Å². The van der Waals surface area contributed by atoms with Gasteiger partial charge in [-0.1, -0.05) is 84.9 Å². The molecule has 196 valence electrons. The molecule has 39 heavy (non-hydrogen) atoms. The molecule has 0 saturated heterocycles. The first-order valence-electron chi connectivity index (χ1n) is 13.2. The molecular formula is C34H33N3O2. The molecule has 1 amide bonds. The van der Waals surface area contributed by atoms with Gasteiger partial charge in [-0.2, -0.15) is 5.10 Å². The average molecular weight is 516 g/mol. The summed E-state index contributed by atoms with van der Waals surface area (Å²) in [5.41, 5.74) is 7.61. The van der Waals surface area contributed by atoms with Crippen molar-refractivity contribution in [1.29, 1.82) is 0 Å². The van der Waals surface area contributed by atoms with Crippen molar-refractivity contribution in [1.82, 2.24) is 15.1 Å². The number of hydrogen-bond acceptors (Lipinski definition) is 3. The van der Waals surface area contributed by atoms with Crippen LogP contribution >= 0.6 is 0 Å². The molecule has 0 bridgehead atoms. The van der Waals surface area contributed by atoms with Gasteiger partial charge >= 0.3 is 0 Å². The van der Waals surface area contributed by atoms with Crippen molar-refractivity contribution in [2.45, 2.75) is 26.2 Å². The number of aryl methyl sites for hydroxylation is 2. The number of hydrogen-bond donors (Lipinski definition) is 1. The Morgan fingerprint density at radius 2 is 1.54 bits per heavy atom. The predicted octanol–water partition coefficient (Wildman–Crippen LogP) is 7.12. The summed E-state index contributed by atoms with van der Waals surface area (Å²) in [5.74, 6) is 0.772. The fourth-order valence-corrected chi connectivity index (χ4v) is 4.91. The van der Waals surface area contributed by atoms with Crippen molar-refractivity contribution in [2.24, 2.45) is 0 Å². The minimum atomic E-state index is -0.155.